The minimum atomic E-state index is -2.05. The van der Waals surface area contributed by atoms with Gasteiger partial charge in [-0.1, -0.05) is 46.8 Å². The minimum Gasteiger partial charge on any atom is -0.479 e. The first kappa shape index (κ1) is 58.6. The number of hydrogen-bond donors (Lipinski definition) is 12. The highest BCUT2D eigenvalue weighted by atomic mass is 16.8. The zero-order valence-electron chi connectivity index (χ0n) is 44.9. The maximum Gasteiger partial charge on any atom is 0.335 e. The summed E-state index contributed by atoms with van der Waals surface area (Å²) in [6.45, 7) is 20.1. The fraction of sp³-hybridized carbons (Fsp3) is 0.926. The van der Waals surface area contributed by atoms with Gasteiger partial charge in [-0.15, -0.1) is 0 Å². The maximum absolute atomic E-state index is 14.8. The van der Waals surface area contributed by atoms with Crippen LogP contribution in [-0.2, 0) is 47.5 Å². The number of carboxylic acids is 1. The molecule has 0 unspecified atom stereocenters. The van der Waals surface area contributed by atoms with Gasteiger partial charge in [0.05, 0.1) is 30.3 Å². The zero-order valence-corrected chi connectivity index (χ0v) is 44.9. The number of aliphatic carboxylic acids is 1. The first-order chi connectivity index (χ1) is 35.5. The van der Waals surface area contributed by atoms with E-state index in [4.69, 9.17) is 37.9 Å². The Morgan fingerprint density at radius 3 is 1.72 bits per heavy atom. The molecule has 4 heterocycles. The van der Waals surface area contributed by atoms with E-state index >= 15 is 0 Å². The molecule has 0 amide bonds. The van der Waals surface area contributed by atoms with Crippen molar-refractivity contribution in [2.45, 2.75) is 249 Å². The highest BCUT2D eigenvalue weighted by Gasteiger charge is 2.73. The van der Waals surface area contributed by atoms with Crippen molar-refractivity contribution in [2.75, 3.05) is 6.61 Å². The van der Waals surface area contributed by atoms with Crippen molar-refractivity contribution in [2.24, 2.45) is 56.7 Å². The van der Waals surface area contributed by atoms with Gasteiger partial charge >= 0.3 is 11.9 Å². The molecule has 5 saturated carbocycles. The molecule has 12 N–H and O–H groups in total. The van der Waals surface area contributed by atoms with Crippen LogP contribution >= 0.6 is 0 Å². The lowest BCUT2D eigenvalue weighted by Crippen LogP contribution is -2.69. The normalized spacial score (nSPS) is 55.0. The summed E-state index contributed by atoms with van der Waals surface area (Å²) in [5.41, 5.74) is -1.27. The molecule has 22 heteroatoms. The summed E-state index contributed by atoms with van der Waals surface area (Å²) in [7, 11) is 0. The zero-order chi connectivity index (χ0) is 55.7. The molecule has 9 fully saturated rings. The van der Waals surface area contributed by atoms with Crippen molar-refractivity contribution in [3.8, 4) is 0 Å². The predicted octanol–water partition coefficient (Wildman–Crippen LogP) is -0.0319. The van der Waals surface area contributed by atoms with E-state index in [1.807, 2.05) is 6.92 Å². The Morgan fingerprint density at radius 2 is 1.14 bits per heavy atom. The second kappa shape index (κ2) is 21.1. The highest BCUT2D eigenvalue weighted by Crippen LogP contribution is 2.78. The molecule has 0 aromatic rings. The third-order valence-electron chi connectivity index (χ3n) is 21.7. The largest absolute Gasteiger partial charge is 0.479 e. The number of aliphatic hydroxyl groups excluding tert-OH is 11. The topological polar surface area (TPSA) is 351 Å². The van der Waals surface area contributed by atoms with Crippen LogP contribution in [0.1, 0.15) is 120 Å². The first-order valence-corrected chi connectivity index (χ1v) is 27.6. The predicted molar refractivity (Wildman–Crippen MR) is 260 cm³/mol. The van der Waals surface area contributed by atoms with Crippen LogP contribution in [0.2, 0.25) is 0 Å². The second-order valence-electron chi connectivity index (χ2n) is 25.7. The van der Waals surface area contributed by atoms with Gasteiger partial charge in [-0.05, 0) is 136 Å². The van der Waals surface area contributed by atoms with Gasteiger partial charge in [0.2, 0.25) is 6.29 Å². The lowest BCUT2D eigenvalue weighted by molar-refractivity contribution is -0.394. The van der Waals surface area contributed by atoms with Crippen molar-refractivity contribution >= 4 is 11.9 Å². The smallest absolute Gasteiger partial charge is 0.335 e. The highest BCUT2D eigenvalue weighted by molar-refractivity contribution is 5.78. The molecular formula is C54H86O22. The van der Waals surface area contributed by atoms with Gasteiger partial charge in [0, 0.05) is 0 Å². The van der Waals surface area contributed by atoms with E-state index in [-0.39, 0.29) is 45.8 Å². The Hall–Kier alpha value is -2.04. The first-order valence-electron chi connectivity index (χ1n) is 27.6. The molecule has 0 radical (unpaired) electrons. The van der Waals surface area contributed by atoms with Crippen LogP contribution in [0.3, 0.4) is 0 Å². The molecular weight excluding hydrogens is 1000 g/mol. The molecule has 4 aliphatic heterocycles. The van der Waals surface area contributed by atoms with E-state index in [0.29, 0.717) is 25.7 Å². The Kier molecular flexibility index (Phi) is 16.2. The quantitative estimate of drug-likeness (QED) is 0.0734. The standard InChI is InChI=1S/C54H86O22/c1-21(2)24-12-17-54(49(68)76-47-39(64)36(61)33(58)26(20-55)71-47)19-18-52(8)25(30(24)54)10-11-28-51(7)15-14-29(50(5,6)27(51)13-16-53(28,52)9)72-48-43(75-46-38(63)35(60)32(57)23(4)70-46)41(40(65)42(74-48)44(66)67)73-45-37(62)34(59)31(56)22(3)69-45/h22-43,45-48,55-65H,1,10-20H2,2-9H3,(H,66,67)/t22-,23-,24-,25+,26+,27-,28+,29-,30+,31-,32-,33+,34+,35+,36-,37+,38+,39+,40-,41-,42-,43+,45-,46-,47-,48+,51-,52+,53+,54-/m0/s1. The molecule has 0 aromatic carbocycles. The van der Waals surface area contributed by atoms with Gasteiger partial charge in [-0.3, -0.25) is 4.79 Å². The Labute approximate surface area is 443 Å². The number of carboxylic acid groups (broad SMARTS) is 1. The summed E-state index contributed by atoms with van der Waals surface area (Å²) in [5, 5.41) is 129. The summed E-state index contributed by atoms with van der Waals surface area (Å²) in [5.74, 6) is -1.88. The van der Waals surface area contributed by atoms with Crippen LogP contribution in [0.15, 0.2) is 12.2 Å². The van der Waals surface area contributed by atoms with Crippen LogP contribution in [0.4, 0.5) is 0 Å². The maximum atomic E-state index is 14.8. The molecule has 9 rings (SSSR count). The van der Waals surface area contributed by atoms with Crippen LogP contribution in [-0.4, -0.2) is 209 Å². The number of carbonyl (C=O) groups is 2. The molecule has 30 atom stereocenters. The third kappa shape index (κ3) is 9.15. The van der Waals surface area contributed by atoms with E-state index in [0.717, 1.165) is 44.1 Å². The average Bonchev–Trinajstić information content (AvgIpc) is 3.79. The number of fused-ring (bicyclic) bond motifs is 7. The lowest BCUT2D eigenvalue weighted by atomic mass is 9.32. The number of allylic oxidation sites excluding steroid dienone is 1. The summed E-state index contributed by atoms with van der Waals surface area (Å²) in [6.07, 6.45) is -26.6. The van der Waals surface area contributed by atoms with E-state index < -0.39 is 158 Å². The fourth-order valence-electron chi connectivity index (χ4n) is 17.3. The van der Waals surface area contributed by atoms with E-state index in [9.17, 15) is 70.9 Å². The van der Waals surface area contributed by atoms with E-state index in [2.05, 4.69) is 41.2 Å². The minimum absolute atomic E-state index is 0.0172. The van der Waals surface area contributed by atoms with Crippen molar-refractivity contribution < 1.29 is 109 Å². The van der Waals surface area contributed by atoms with Gasteiger partial charge in [0.1, 0.15) is 79.4 Å². The summed E-state index contributed by atoms with van der Waals surface area (Å²) in [4.78, 5) is 27.7. The summed E-state index contributed by atoms with van der Waals surface area (Å²) >= 11 is 0. The lowest BCUT2D eigenvalue weighted by Gasteiger charge is -2.73. The summed E-state index contributed by atoms with van der Waals surface area (Å²) in [6, 6.07) is 0. The monoisotopic (exact) mass is 1090 g/mol. The number of esters is 1. The fourth-order valence-corrected chi connectivity index (χ4v) is 17.3. The number of ether oxygens (including phenoxy) is 8. The van der Waals surface area contributed by atoms with Crippen LogP contribution in [0.5, 0.6) is 0 Å². The Bertz CT molecular complexity index is 2130. The SMILES string of the molecule is C=C(C)[C@@H]1CC[C@]2(C(=O)O[C@@H]3O[C@H](CO)[C@@H](O)[C@H](O)[C@H]3O)CC[C@]3(C)[C@H](CC[C@@H]4[C@@]5(C)CC[C@H](O[C@@H]6O[C@H](C(=O)O)[C@@H](O)[C@H](O[C@@H]7O[C@@H](C)[C@H](O)[C@@H](O)[C@H]7O)[C@H]6O[C@@H]6O[C@@H](C)[C@H](O)[C@@H](O)[C@H]6O)C(C)(C)[C@@H]5CC[C@]43C)[C@@H]12. The van der Waals surface area contributed by atoms with Crippen molar-refractivity contribution in [3.63, 3.8) is 0 Å². The molecule has 9 aliphatic rings. The van der Waals surface area contributed by atoms with Crippen LogP contribution < -0.4 is 0 Å². The van der Waals surface area contributed by atoms with Gasteiger partial charge < -0.3 is 99.2 Å². The molecule has 0 spiro atoms. The molecule has 5 aliphatic carbocycles. The second-order valence-corrected chi connectivity index (χ2v) is 25.7. The molecule has 22 nitrogen and oxygen atoms in total. The number of carbonyl (C=O) groups excluding carboxylic acids is 1. The van der Waals surface area contributed by atoms with Gasteiger partial charge in [-0.2, -0.15) is 0 Å². The van der Waals surface area contributed by atoms with Gasteiger partial charge in [0.15, 0.2) is 25.0 Å². The van der Waals surface area contributed by atoms with Crippen molar-refractivity contribution in [1.29, 1.82) is 0 Å². The third-order valence-corrected chi connectivity index (χ3v) is 21.7. The van der Waals surface area contributed by atoms with Gasteiger partial charge in [0.25, 0.3) is 0 Å². The number of aliphatic hydroxyl groups is 11. The Morgan fingerprint density at radius 1 is 0.566 bits per heavy atom. The number of rotatable bonds is 11. The average molecular weight is 1090 g/mol. The van der Waals surface area contributed by atoms with Crippen LogP contribution in [0.25, 0.3) is 0 Å². The molecule has 434 valence electrons. The van der Waals surface area contributed by atoms with Gasteiger partial charge in [-0.25, -0.2) is 4.79 Å². The number of hydrogen-bond acceptors (Lipinski definition) is 21. The van der Waals surface area contributed by atoms with Crippen molar-refractivity contribution in [3.05, 3.63) is 12.2 Å². The van der Waals surface area contributed by atoms with Crippen molar-refractivity contribution in [1.82, 2.24) is 0 Å². The molecule has 76 heavy (non-hydrogen) atoms. The molecule has 0 aromatic heterocycles. The Balaban J connectivity index is 0.984. The summed E-state index contributed by atoms with van der Waals surface area (Å²) < 4.78 is 48.7. The molecule has 0 bridgehead atoms. The van der Waals surface area contributed by atoms with E-state index in [1.165, 1.54) is 13.8 Å². The molecule has 4 saturated heterocycles. The van der Waals surface area contributed by atoms with E-state index in [1.54, 1.807) is 0 Å². The van der Waals surface area contributed by atoms with Crippen LogP contribution in [0, 0.1) is 56.7 Å².